The zero-order valence-corrected chi connectivity index (χ0v) is 18.0. The number of ether oxygens (including phenoxy) is 3. The van der Waals surface area contributed by atoms with Crippen LogP contribution in [0.2, 0.25) is 0 Å². The SMILES string of the molecule is CO[C@H]1C[C@]2(C)C(=C(F)F)CC[C@H]2[C@@H]2CCc3cc(OC4CCCCO4)ccc3[C@H]21. The van der Waals surface area contributed by atoms with Crippen LogP contribution in [0.25, 0.3) is 0 Å². The van der Waals surface area contributed by atoms with Gasteiger partial charge < -0.3 is 14.2 Å². The van der Waals surface area contributed by atoms with Crippen LogP contribution in [0.15, 0.2) is 29.9 Å². The molecule has 5 heteroatoms. The smallest absolute Gasteiger partial charge is 0.270 e. The van der Waals surface area contributed by atoms with E-state index < -0.39 is 11.5 Å². The third-order valence-corrected chi connectivity index (χ3v) is 8.37. The van der Waals surface area contributed by atoms with Crippen molar-refractivity contribution in [3.05, 3.63) is 41.0 Å². The first-order valence-electron chi connectivity index (χ1n) is 11.5. The van der Waals surface area contributed by atoms with Gasteiger partial charge in [0, 0.05) is 25.0 Å². The summed E-state index contributed by atoms with van der Waals surface area (Å²) in [5, 5.41) is 0. The van der Waals surface area contributed by atoms with Gasteiger partial charge in [-0.05, 0) is 85.5 Å². The van der Waals surface area contributed by atoms with E-state index in [1.807, 2.05) is 0 Å². The second-order valence-electron chi connectivity index (χ2n) is 9.78. The van der Waals surface area contributed by atoms with E-state index in [9.17, 15) is 8.78 Å². The molecule has 0 radical (unpaired) electrons. The predicted octanol–water partition coefficient (Wildman–Crippen LogP) is 6.22. The third kappa shape index (κ3) is 3.29. The van der Waals surface area contributed by atoms with Crippen LogP contribution in [0.1, 0.15) is 68.9 Å². The fourth-order valence-electron chi connectivity index (χ4n) is 6.99. The zero-order valence-electron chi connectivity index (χ0n) is 18.0. The molecule has 5 rings (SSSR count). The first kappa shape index (κ1) is 20.4. The molecule has 3 fully saturated rings. The Labute approximate surface area is 177 Å². The van der Waals surface area contributed by atoms with Gasteiger partial charge in [-0.2, -0.15) is 8.78 Å². The maximum absolute atomic E-state index is 13.7. The van der Waals surface area contributed by atoms with Gasteiger partial charge in [-0.25, -0.2) is 0 Å². The highest BCUT2D eigenvalue weighted by atomic mass is 19.3. The number of fused-ring (bicyclic) bond motifs is 5. The van der Waals surface area contributed by atoms with Crippen molar-refractivity contribution in [2.24, 2.45) is 17.3 Å². The molecular formula is C25H32F2O3. The number of hydrogen-bond donors (Lipinski definition) is 0. The van der Waals surface area contributed by atoms with Crippen molar-refractivity contribution in [2.45, 2.75) is 76.6 Å². The minimum absolute atomic E-state index is 0.0313. The summed E-state index contributed by atoms with van der Waals surface area (Å²) in [5.74, 6) is 1.86. The number of halogens is 2. The number of methoxy groups -OCH3 is 1. The van der Waals surface area contributed by atoms with E-state index in [-0.39, 0.29) is 18.3 Å². The normalized spacial score (nSPS) is 37.9. The van der Waals surface area contributed by atoms with E-state index in [2.05, 4.69) is 25.1 Å². The minimum Gasteiger partial charge on any atom is -0.465 e. The summed E-state index contributed by atoms with van der Waals surface area (Å²) in [6.45, 7) is 2.82. The summed E-state index contributed by atoms with van der Waals surface area (Å²) in [5.41, 5.74) is 2.60. The molecule has 1 saturated heterocycles. The van der Waals surface area contributed by atoms with Gasteiger partial charge >= 0.3 is 0 Å². The number of benzene rings is 1. The molecule has 2 saturated carbocycles. The van der Waals surface area contributed by atoms with Crippen LogP contribution in [0, 0.1) is 17.3 Å². The molecule has 6 atom stereocenters. The van der Waals surface area contributed by atoms with Crippen molar-refractivity contribution < 1.29 is 23.0 Å². The highest BCUT2D eigenvalue weighted by Crippen LogP contribution is 2.64. The van der Waals surface area contributed by atoms with Crippen LogP contribution in [0.5, 0.6) is 5.75 Å². The van der Waals surface area contributed by atoms with E-state index >= 15 is 0 Å². The summed E-state index contributed by atoms with van der Waals surface area (Å²) in [7, 11) is 1.74. The second-order valence-corrected chi connectivity index (χ2v) is 9.78. The first-order valence-corrected chi connectivity index (χ1v) is 11.5. The van der Waals surface area contributed by atoms with Crippen LogP contribution in [-0.4, -0.2) is 26.1 Å². The minimum atomic E-state index is -1.46. The van der Waals surface area contributed by atoms with Crippen LogP contribution in [0.4, 0.5) is 8.78 Å². The lowest BCUT2D eigenvalue weighted by Gasteiger charge is -2.52. The van der Waals surface area contributed by atoms with Gasteiger partial charge in [-0.1, -0.05) is 13.0 Å². The first-order chi connectivity index (χ1) is 14.5. The highest BCUT2D eigenvalue weighted by molar-refractivity contribution is 5.42. The monoisotopic (exact) mass is 418 g/mol. The quantitative estimate of drug-likeness (QED) is 0.583. The summed E-state index contributed by atoms with van der Waals surface area (Å²) in [6, 6.07) is 6.42. The summed E-state index contributed by atoms with van der Waals surface area (Å²) >= 11 is 0. The molecule has 0 aromatic heterocycles. The maximum Gasteiger partial charge on any atom is 0.270 e. The number of aryl methyl sites for hydroxylation is 1. The highest BCUT2D eigenvalue weighted by Gasteiger charge is 2.57. The molecule has 0 spiro atoms. The van der Waals surface area contributed by atoms with Crippen LogP contribution >= 0.6 is 0 Å². The number of hydrogen-bond acceptors (Lipinski definition) is 3. The van der Waals surface area contributed by atoms with Gasteiger partial charge in [-0.15, -0.1) is 0 Å². The summed E-state index contributed by atoms with van der Waals surface area (Å²) in [4.78, 5) is 0. The Balaban J connectivity index is 1.43. The molecule has 1 unspecified atom stereocenters. The van der Waals surface area contributed by atoms with Crippen molar-refractivity contribution in [1.82, 2.24) is 0 Å². The number of allylic oxidation sites excluding steroid dienone is 1. The van der Waals surface area contributed by atoms with Gasteiger partial charge in [0.1, 0.15) is 5.75 Å². The molecule has 1 heterocycles. The molecule has 3 aliphatic carbocycles. The molecule has 164 valence electrons. The van der Waals surface area contributed by atoms with E-state index in [1.165, 1.54) is 11.1 Å². The fraction of sp³-hybridized carbons (Fsp3) is 0.680. The van der Waals surface area contributed by atoms with Gasteiger partial charge in [0.15, 0.2) is 6.29 Å². The second kappa shape index (κ2) is 7.90. The van der Waals surface area contributed by atoms with Crippen molar-refractivity contribution in [3.63, 3.8) is 0 Å². The van der Waals surface area contributed by atoms with E-state index in [1.54, 1.807) is 7.11 Å². The molecule has 0 bridgehead atoms. The Hall–Kier alpha value is -1.46. The molecular weight excluding hydrogens is 386 g/mol. The van der Waals surface area contributed by atoms with Crippen LogP contribution < -0.4 is 4.74 Å². The number of rotatable bonds is 3. The Morgan fingerprint density at radius 2 is 2.00 bits per heavy atom. The van der Waals surface area contributed by atoms with Gasteiger partial charge in [-0.3, -0.25) is 0 Å². The average molecular weight is 419 g/mol. The molecule has 1 aromatic carbocycles. The lowest BCUT2D eigenvalue weighted by atomic mass is 9.54. The van der Waals surface area contributed by atoms with E-state index in [0.29, 0.717) is 30.3 Å². The maximum atomic E-state index is 13.7. The van der Waals surface area contributed by atoms with Gasteiger partial charge in [0.05, 0.1) is 12.7 Å². The Bertz CT molecular complexity index is 828. The topological polar surface area (TPSA) is 27.7 Å². The molecule has 1 aromatic rings. The predicted molar refractivity (Wildman–Crippen MR) is 111 cm³/mol. The van der Waals surface area contributed by atoms with Gasteiger partial charge in [0.25, 0.3) is 6.08 Å². The third-order valence-electron chi connectivity index (χ3n) is 8.37. The van der Waals surface area contributed by atoms with Crippen molar-refractivity contribution in [3.8, 4) is 5.75 Å². The molecule has 30 heavy (non-hydrogen) atoms. The van der Waals surface area contributed by atoms with E-state index in [0.717, 1.165) is 50.9 Å². The Morgan fingerprint density at radius 3 is 2.73 bits per heavy atom. The lowest BCUT2D eigenvalue weighted by Crippen LogP contribution is -2.48. The molecule has 1 aliphatic heterocycles. The molecule has 0 N–H and O–H groups in total. The molecule has 3 nitrogen and oxygen atoms in total. The standard InChI is InChI=1S/C25H32F2O3/c1-25-14-21(28-2)23-17-9-7-16(30-22-5-3-4-12-29-22)13-15(17)6-8-18(23)19(25)10-11-20(25)24(26)27/h7,9,13,18-19,21-23H,3-6,8,10-12,14H2,1-2H3/t18-,19-,21-,22?,23+,25-/m0/s1. The van der Waals surface area contributed by atoms with Crippen molar-refractivity contribution >= 4 is 0 Å². The van der Waals surface area contributed by atoms with Crippen molar-refractivity contribution in [1.29, 1.82) is 0 Å². The Morgan fingerprint density at radius 1 is 1.13 bits per heavy atom. The molecule has 4 aliphatic rings. The van der Waals surface area contributed by atoms with Crippen molar-refractivity contribution in [2.75, 3.05) is 13.7 Å². The molecule has 0 amide bonds. The van der Waals surface area contributed by atoms with Crippen LogP contribution in [-0.2, 0) is 15.9 Å². The summed E-state index contributed by atoms with van der Waals surface area (Å²) in [6.07, 6.45) is 5.63. The lowest BCUT2D eigenvalue weighted by molar-refractivity contribution is -0.106. The zero-order chi connectivity index (χ0) is 20.9. The van der Waals surface area contributed by atoms with E-state index in [4.69, 9.17) is 14.2 Å². The Kier molecular flexibility index (Phi) is 5.39. The average Bonchev–Trinajstić information content (AvgIpc) is 3.10. The summed E-state index contributed by atoms with van der Waals surface area (Å²) < 4.78 is 45.2. The fourth-order valence-corrected chi connectivity index (χ4v) is 6.99. The van der Waals surface area contributed by atoms with Gasteiger partial charge in [0.2, 0.25) is 0 Å². The largest absolute Gasteiger partial charge is 0.465 e. The van der Waals surface area contributed by atoms with Crippen LogP contribution in [0.3, 0.4) is 0 Å².